The summed E-state index contributed by atoms with van der Waals surface area (Å²) < 4.78 is 27.7. The Morgan fingerprint density at radius 3 is 2.67 bits per heavy atom. The molecule has 0 bridgehead atoms. The Morgan fingerprint density at radius 2 is 1.83 bits per heavy atom. The molecule has 4 rings (SSSR count). The zero-order valence-corrected chi connectivity index (χ0v) is 17.6. The summed E-state index contributed by atoms with van der Waals surface area (Å²) in [5.41, 5.74) is 1.22. The lowest BCUT2D eigenvalue weighted by molar-refractivity contribution is 0.227. The van der Waals surface area contributed by atoms with Gasteiger partial charge in [0.2, 0.25) is 0 Å². The predicted octanol–water partition coefficient (Wildman–Crippen LogP) is 7.79. The number of rotatable bonds is 4. The SMILES string of the molecule is CCCCC1CCCCC1(C#Cc1ccc(F)cc1F)c1cccc2ccccc12. The summed E-state index contributed by atoms with van der Waals surface area (Å²) in [6.45, 7) is 2.22. The molecule has 0 aliphatic heterocycles. The monoisotopic (exact) mass is 402 g/mol. The van der Waals surface area contributed by atoms with Crippen LogP contribution in [0.3, 0.4) is 0 Å². The maximum Gasteiger partial charge on any atom is 0.141 e. The Labute approximate surface area is 178 Å². The highest BCUT2D eigenvalue weighted by atomic mass is 19.1. The van der Waals surface area contributed by atoms with Crippen LogP contribution < -0.4 is 0 Å². The van der Waals surface area contributed by atoms with Gasteiger partial charge in [0.05, 0.1) is 11.0 Å². The highest BCUT2D eigenvalue weighted by Gasteiger charge is 2.41. The maximum atomic E-state index is 14.3. The lowest BCUT2D eigenvalue weighted by atomic mass is 9.60. The van der Waals surface area contributed by atoms with E-state index in [0.29, 0.717) is 5.92 Å². The molecule has 0 aromatic heterocycles. The number of fused-ring (bicyclic) bond motifs is 1. The molecule has 1 saturated carbocycles. The van der Waals surface area contributed by atoms with Gasteiger partial charge in [-0.25, -0.2) is 8.78 Å². The summed E-state index contributed by atoms with van der Waals surface area (Å²) in [5, 5.41) is 2.45. The van der Waals surface area contributed by atoms with Crippen molar-refractivity contribution in [3.05, 3.63) is 83.4 Å². The van der Waals surface area contributed by atoms with E-state index in [0.717, 1.165) is 38.2 Å². The Balaban J connectivity index is 1.90. The van der Waals surface area contributed by atoms with Crippen molar-refractivity contribution in [2.75, 3.05) is 0 Å². The zero-order chi connectivity index (χ0) is 21.0. The normalized spacial score (nSPS) is 21.2. The second kappa shape index (κ2) is 9.00. The van der Waals surface area contributed by atoms with Crippen LogP contribution in [0, 0.1) is 29.4 Å². The van der Waals surface area contributed by atoms with E-state index in [4.69, 9.17) is 0 Å². The molecule has 3 aromatic rings. The van der Waals surface area contributed by atoms with E-state index >= 15 is 0 Å². The third-order valence-corrected chi connectivity index (χ3v) is 6.60. The number of hydrogen-bond acceptors (Lipinski definition) is 0. The van der Waals surface area contributed by atoms with Crippen molar-refractivity contribution < 1.29 is 8.78 Å². The van der Waals surface area contributed by atoms with Gasteiger partial charge in [-0.05, 0) is 53.6 Å². The number of hydrogen-bond donors (Lipinski definition) is 0. The summed E-state index contributed by atoms with van der Waals surface area (Å²) in [4.78, 5) is 0. The van der Waals surface area contributed by atoms with Crippen LogP contribution in [0.4, 0.5) is 8.78 Å². The van der Waals surface area contributed by atoms with Gasteiger partial charge in [0.25, 0.3) is 0 Å². The molecule has 0 amide bonds. The standard InChI is InChI=1S/C28H28F2/c1-2-3-11-23-12-6-7-18-28(23,19-17-22-15-16-24(29)20-27(22)30)26-14-8-10-21-9-4-5-13-25(21)26/h4-5,8-10,13-16,20,23H,2-3,6-7,11-12,18H2,1H3. The van der Waals surface area contributed by atoms with Crippen molar-refractivity contribution in [2.24, 2.45) is 5.92 Å². The van der Waals surface area contributed by atoms with Crippen LogP contribution in [0.25, 0.3) is 10.8 Å². The Kier molecular flexibility index (Phi) is 6.18. The van der Waals surface area contributed by atoms with E-state index in [1.54, 1.807) is 0 Å². The molecule has 154 valence electrons. The van der Waals surface area contributed by atoms with E-state index in [9.17, 15) is 8.78 Å². The van der Waals surface area contributed by atoms with Crippen LogP contribution in [-0.4, -0.2) is 0 Å². The summed E-state index contributed by atoms with van der Waals surface area (Å²) in [6.07, 6.45) is 7.90. The van der Waals surface area contributed by atoms with Gasteiger partial charge in [0.15, 0.2) is 0 Å². The van der Waals surface area contributed by atoms with Crippen LogP contribution in [-0.2, 0) is 5.41 Å². The predicted molar refractivity (Wildman–Crippen MR) is 120 cm³/mol. The molecule has 1 aliphatic carbocycles. The lowest BCUT2D eigenvalue weighted by Gasteiger charge is -2.42. The summed E-state index contributed by atoms with van der Waals surface area (Å²) >= 11 is 0. The van der Waals surface area contributed by atoms with E-state index in [1.807, 2.05) is 0 Å². The van der Waals surface area contributed by atoms with Gasteiger partial charge >= 0.3 is 0 Å². The number of benzene rings is 3. The van der Waals surface area contributed by atoms with Gasteiger partial charge in [-0.3, -0.25) is 0 Å². The summed E-state index contributed by atoms with van der Waals surface area (Å²) in [5.74, 6) is 5.98. The first-order valence-electron chi connectivity index (χ1n) is 11.1. The smallest absolute Gasteiger partial charge is 0.141 e. The topological polar surface area (TPSA) is 0 Å². The molecule has 30 heavy (non-hydrogen) atoms. The maximum absolute atomic E-state index is 14.3. The first-order chi connectivity index (χ1) is 14.6. The molecule has 0 N–H and O–H groups in total. The minimum Gasteiger partial charge on any atom is -0.207 e. The zero-order valence-electron chi connectivity index (χ0n) is 17.6. The third kappa shape index (κ3) is 3.99. The van der Waals surface area contributed by atoms with Crippen LogP contribution in [0.1, 0.15) is 63.0 Å². The molecule has 0 saturated heterocycles. The summed E-state index contributed by atoms with van der Waals surface area (Å²) in [6, 6.07) is 18.6. The first-order valence-corrected chi connectivity index (χ1v) is 11.1. The van der Waals surface area contributed by atoms with Crippen molar-refractivity contribution in [1.82, 2.24) is 0 Å². The third-order valence-electron chi connectivity index (χ3n) is 6.60. The Morgan fingerprint density at radius 1 is 1.00 bits per heavy atom. The van der Waals surface area contributed by atoms with Gasteiger partial charge < -0.3 is 0 Å². The van der Waals surface area contributed by atoms with Gasteiger partial charge in [-0.1, -0.05) is 86.9 Å². The largest absolute Gasteiger partial charge is 0.207 e. The molecule has 3 aromatic carbocycles. The molecule has 0 nitrogen and oxygen atoms in total. The second-order valence-corrected chi connectivity index (χ2v) is 8.46. The fraction of sp³-hybridized carbons (Fsp3) is 0.357. The fourth-order valence-corrected chi connectivity index (χ4v) is 5.06. The van der Waals surface area contributed by atoms with Crippen molar-refractivity contribution in [1.29, 1.82) is 0 Å². The minimum absolute atomic E-state index is 0.274. The molecule has 0 radical (unpaired) electrons. The summed E-state index contributed by atoms with van der Waals surface area (Å²) in [7, 11) is 0. The van der Waals surface area contributed by atoms with E-state index in [1.165, 1.54) is 41.3 Å². The van der Waals surface area contributed by atoms with Crippen LogP contribution in [0.5, 0.6) is 0 Å². The van der Waals surface area contributed by atoms with Crippen molar-refractivity contribution in [3.8, 4) is 11.8 Å². The number of halogens is 2. The molecule has 0 spiro atoms. The molecule has 0 heterocycles. The lowest BCUT2D eigenvalue weighted by Crippen LogP contribution is -2.37. The molecule has 2 unspecified atom stereocenters. The van der Waals surface area contributed by atoms with Gasteiger partial charge in [-0.15, -0.1) is 0 Å². The average molecular weight is 403 g/mol. The van der Waals surface area contributed by atoms with Crippen molar-refractivity contribution in [2.45, 2.75) is 57.3 Å². The Bertz CT molecular complexity index is 1080. The molecular weight excluding hydrogens is 374 g/mol. The van der Waals surface area contributed by atoms with Crippen LogP contribution in [0.2, 0.25) is 0 Å². The van der Waals surface area contributed by atoms with Gasteiger partial charge in [0.1, 0.15) is 11.6 Å². The molecule has 2 heteroatoms. The van der Waals surface area contributed by atoms with E-state index in [-0.39, 0.29) is 11.0 Å². The van der Waals surface area contributed by atoms with Crippen molar-refractivity contribution in [3.63, 3.8) is 0 Å². The van der Waals surface area contributed by atoms with Gasteiger partial charge in [-0.2, -0.15) is 0 Å². The Hall–Kier alpha value is -2.66. The molecule has 2 atom stereocenters. The highest BCUT2D eigenvalue weighted by Crippen LogP contribution is 2.47. The van der Waals surface area contributed by atoms with Crippen LogP contribution >= 0.6 is 0 Å². The minimum atomic E-state index is -0.587. The molecule has 1 fully saturated rings. The molecule has 1 aliphatic rings. The van der Waals surface area contributed by atoms with E-state index in [2.05, 4.69) is 61.2 Å². The van der Waals surface area contributed by atoms with Gasteiger partial charge in [0, 0.05) is 6.07 Å². The van der Waals surface area contributed by atoms with Crippen molar-refractivity contribution >= 4 is 10.8 Å². The first kappa shape index (κ1) is 20.6. The van der Waals surface area contributed by atoms with E-state index < -0.39 is 11.6 Å². The quantitative estimate of drug-likeness (QED) is 0.391. The highest BCUT2D eigenvalue weighted by molar-refractivity contribution is 5.87. The second-order valence-electron chi connectivity index (χ2n) is 8.46. The average Bonchev–Trinajstić information content (AvgIpc) is 2.77. The molecular formula is C28H28F2. The number of unbranched alkanes of at least 4 members (excludes halogenated alkanes) is 1. The fourth-order valence-electron chi connectivity index (χ4n) is 5.06. The van der Waals surface area contributed by atoms with Crippen LogP contribution in [0.15, 0.2) is 60.7 Å².